The number of nitrogens with zero attached hydrogens (tertiary/aromatic N) is 1. The lowest BCUT2D eigenvalue weighted by Gasteiger charge is -2.33. The van der Waals surface area contributed by atoms with Gasteiger partial charge in [0.2, 0.25) is 5.75 Å². The zero-order valence-corrected chi connectivity index (χ0v) is 22.5. The van der Waals surface area contributed by atoms with Crippen LogP contribution in [0.2, 0.25) is 0 Å². The molecule has 8 heteroatoms. The molecule has 1 aliphatic heterocycles. The molecule has 0 bridgehead atoms. The standard InChI is InChI=1S/C28H39NO7/c1-19-16-21(35-18-20-8-11-23(31-5)27(33-7)26(20)32-6)9-10-22(19)24-17-29(14-15-34-24)13-12-25(30)36-28(2,3)4/h8-11,16,24H,12-15,17-18H2,1-7H3. The number of aryl methyl sites for hydroxylation is 1. The molecule has 0 amide bonds. The third-order valence-electron chi connectivity index (χ3n) is 5.97. The van der Waals surface area contributed by atoms with Crippen molar-refractivity contribution >= 4 is 5.97 Å². The Labute approximate surface area is 214 Å². The fourth-order valence-electron chi connectivity index (χ4n) is 4.27. The molecule has 3 rings (SSSR count). The molecule has 2 aromatic carbocycles. The summed E-state index contributed by atoms with van der Waals surface area (Å²) in [7, 11) is 4.77. The van der Waals surface area contributed by atoms with Gasteiger partial charge in [-0.1, -0.05) is 6.07 Å². The summed E-state index contributed by atoms with van der Waals surface area (Å²) in [6.45, 7) is 10.8. The maximum atomic E-state index is 12.1. The Morgan fingerprint density at radius 2 is 1.81 bits per heavy atom. The molecule has 1 heterocycles. The van der Waals surface area contributed by atoms with E-state index in [0.29, 0.717) is 43.4 Å². The molecule has 0 spiro atoms. The van der Waals surface area contributed by atoms with Crippen LogP contribution in [0.15, 0.2) is 30.3 Å². The van der Waals surface area contributed by atoms with Crippen molar-refractivity contribution in [2.45, 2.75) is 52.4 Å². The van der Waals surface area contributed by atoms with Crippen LogP contribution in [0.1, 0.15) is 50.0 Å². The SMILES string of the molecule is COc1ccc(COc2ccc(C3CN(CCC(=O)OC(C)(C)C)CCO3)c(C)c2)c(OC)c1OC. The van der Waals surface area contributed by atoms with E-state index < -0.39 is 5.60 Å². The van der Waals surface area contributed by atoms with E-state index in [4.69, 9.17) is 28.4 Å². The van der Waals surface area contributed by atoms with Gasteiger partial charge >= 0.3 is 5.97 Å². The number of benzene rings is 2. The van der Waals surface area contributed by atoms with Gasteiger partial charge in [0.15, 0.2) is 11.5 Å². The first kappa shape index (κ1) is 27.6. The lowest BCUT2D eigenvalue weighted by molar-refractivity contribution is -0.155. The van der Waals surface area contributed by atoms with Crippen LogP contribution in [0, 0.1) is 6.92 Å². The maximum absolute atomic E-state index is 12.1. The molecule has 1 unspecified atom stereocenters. The second-order valence-corrected chi connectivity index (χ2v) is 9.80. The molecule has 0 saturated carbocycles. The van der Waals surface area contributed by atoms with E-state index in [1.807, 2.05) is 45.0 Å². The number of ether oxygens (including phenoxy) is 6. The Hall–Kier alpha value is -2.97. The van der Waals surface area contributed by atoms with Gasteiger partial charge in [-0.3, -0.25) is 9.69 Å². The molecule has 1 fully saturated rings. The minimum absolute atomic E-state index is 0.0580. The van der Waals surface area contributed by atoms with Gasteiger partial charge in [-0.15, -0.1) is 0 Å². The highest BCUT2D eigenvalue weighted by atomic mass is 16.6. The molecule has 0 aliphatic carbocycles. The summed E-state index contributed by atoms with van der Waals surface area (Å²) in [6.07, 6.45) is 0.312. The van der Waals surface area contributed by atoms with Crippen LogP contribution in [0.4, 0.5) is 0 Å². The van der Waals surface area contributed by atoms with Crippen molar-refractivity contribution < 1.29 is 33.2 Å². The number of hydrogen-bond donors (Lipinski definition) is 0. The third-order valence-corrected chi connectivity index (χ3v) is 5.97. The monoisotopic (exact) mass is 501 g/mol. The average Bonchev–Trinajstić information content (AvgIpc) is 2.84. The van der Waals surface area contributed by atoms with Crippen molar-refractivity contribution in [2.75, 3.05) is 47.6 Å². The van der Waals surface area contributed by atoms with Gasteiger partial charge < -0.3 is 28.4 Å². The minimum Gasteiger partial charge on any atom is -0.493 e. The van der Waals surface area contributed by atoms with Crippen molar-refractivity contribution in [3.8, 4) is 23.0 Å². The molecule has 8 nitrogen and oxygen atoms in total. The summed E-state index contributed by atoms with van der Waals surface area (Å²) < 4.78 is 34.0. The lowest BCUT2D eigenvalue weighted by Crippen LogP contribution is -2.40. The van der Waals surface area contributed by atoms with Crippen LogP contribution in [0.25, 0.3) is 0 Å². The van der Waals surface area contributed by atoms with Crippen LogP contribution >= 0.6 is 0 Å². The largest absolute Gasteiger partial charge is 0.493 e. The Bertz CT molecular complexity index is 1030. The molecule has 1 saturated heterocycles. The summed E-state index contributed by atoms with van der Waals surface area (Å²) in [4.78, 5) is 14.4. The quantitative estimate of drug-likeness (QED) is 0.434. The Balaban J connectivity index is 1.61. The summed E-state index contributed by atoms with van der Waals surface area (Å²) >= 11 is 0. The maximum Gasteiger partial charge on any atom is 0.307 e. The number of methoxy groups -OCH3 is 3. The number of hydrogen-bond acceptors (Lipinski definition) is 8. The zero-order valence-electron chi connectivity index (χ0n) is 22.5. The van der Waals surface area contributed by atoms with Crippen molar-refractivity contribution in [1.82, 2.24) is 4.90 Å². The molecule has 1 atom stereocenters. The highest BCUT2D eigenvalue weighted by Gasteiger charge is 2.25. The van der Waals surface area contributed by atoms with E-state index in [2.05, 4.69) is 17.9 Å². The number of carbonyl (C=O) groups is 1. The predicted molar refractivity (Wildman–Crippen MR) is 137 cm³/mol. The summed E-state index contributed by atoms with van der Waals surface area (Å²) in [6, 6.07) is 9.77. The van der Waals surface area contributed by atoms with Gasteiger partial charge in [0.25, 0.3) is 0 Å². The highest BCUT2D eigenvalue weighted by Crippen LogP contribution is 2.40. The van der Waals surface area contributed by atoms with Crippen LogP contribution in [-0.2, 0) is 20.9 Å². The normalized spacial score (nSPS) is 16.4. The van der Waals surface area contributed by atoms with Crippen LogP contribution in [0.3, 0.4) is 0 Å². The molecule has 2 aromatic rings. The van der Waals surface area contributed by atoms with Crippen LogP contribution in [-0.4, -0.2) is 64.0 Å². The highest BCUT2D eigenvalue weighted by molar-refractivity contribution is 5.70. The first-order valence-electron chi connectivity index (χ1n) is 12.2. The number of morpholine rings is 1. The van der Waals surface area contributed by atoms with Crippen LogP contribution < -0.4 is 18.9 Å². The molecular formula is C28H39NO7. The fraction of sp³-hybridized carbons (Fsp3) is 0.536. The van der Waals surface area contributed by atoms with E-state index in [1.54, 1.807) is 21.3 Å². The Morgan fingerprint density at radius 1 is 1.06 bits per heavy atom. The third kappa shape index (κ3) is 7.27. The van der Waals surface area contributed by atoms with Gasteiger partial charge in [-0.2, -0.15) is 0 Å². The minimum atomic E-state index is -0.462. The molecule has 0 N–H and O–H groups in total. The van der Waals surface area contributed by atoms with Gasteiger partial charge in [-0.25, -0.2) is 0 Å². The molecule has 198 valence electrons. The van der Waals surface area contributed by atoms with Crippen molar-refractivity contribution in [3.63, 3.8) is 0 Å². The van der Waals surface area contributed by atoms with Gasteiger partial charge in [0.05, 0.1) is 40.5 Å². The smallest absolute Gasteiger partial charge is 0.307 e. The lowest BCUT2D eigenvalue weighted by atomic mass is 10.0. The Kier molecular flexibility index (Phi) is 9.45. The second kappa shape index (κ2) is 12.3. The van der Waals surface area contributed by atoms with E-state index in [-0.39, 0.29) is 12.1 Å². The predicted octanol–water partition coefficient (Wildman–Crippen LogP) is 4.70. The number of rotatable bonds is 10. The first-order valence-corrected chi connectivity index (χ1v) is 12.2. The second-order valence-electron chi connectivity index (χ2n) is 9.80. The average molecular weight is 502 g/mol. The molecule has 36 heavy (non-hydrogen) atoms. The number of esters is 1. The summed E-state index contributed by atoms with van der Waals surface area (Å²) in [5, 5.41) is 0. The van der Waals surface area contributed by atoms with E-state index in [1.165, 1.54) is 0 Å². The van der Waals surface area contributed by atoms with Crippen LogP contribution in [0.5, 0.6) is 23.0 Å². The molecule has 0 aromatic heterocycles. The van der Waals surface area contributed by atoms with Gasteiger partial charge in [0, 0.05) is 25.2 Å². The molecule has 0 radical (unpaired) electrons. The topological polar surface area (TPSA) is 75.7 Å². The summed E-state index contributed by atoms with van der Waals surface area (Å²) in [5.41, 5.74) is 2.60. The van der Waals surface area contributed by atoms with Gasteiger partial charge in [-0.05, 0) is 63.1 Å². The van der Waals surface area contributed by atoms with E-state index >= 15 is 0 Å². The molecule has 1 aliphatic rings. The molecular weight excluding hydrogens is 462 g/mol. The fourth-order valence-corrected chi connectivity index (χ4v) is 4.27. The Morgan fingerprint density at radius 3 is 2.44 bits per heavy atom. The van der Waals surface area contributed by atoms with Crippen molar-refractivity contribution in [1.29, 1.82) is 0 Å². The summed E-state index contributed by atoms with van der Waals surface area (Å²) in [5.74, 6) is 2.32. The van der Waals surface area contributed by atoms with E-state index in [0.717, 1.165) is 35.5 Å². The van der Waals surface area contributed by atoms with Gasteiger partial charge in [0.1, 0.15) is 18.0 Å². The van der Waals surface area contributed by atoms with Crippen molar-refractivity contribution in [2.24, 2.45) is 0 Å². The van der Waals surface area contributed by atoms with E-state index in [9.17, 15) is 4.79 Å². The number of carbonyl (C=O) groups excluding carboxylic acids is 1. The van der Waals surface area contributed by atoms with Crippen molar-refractivity contribution in [3.05, 3.63) is 47.0 Å². The first-order chi connectivity index (χ1) is 17.1. The zero-order chi connectivity index (χ0) is 26.3.